The number of aliphatic imine (C=N–C) groups is 1. The predicted octanol–water partition coefficient (Wildman–Crippen LogP) is 2.51. The standard InChI is InChI=1S/C18H27BrN4O2/c1-3-21-18(23-8-4-5-14(12-23)10-17(20)24)22-11-13-6-7-16(25-2)15(19)9-13/h6-7,9,14H,3-5,8,10-12H2,1-2H3,(H2,20,24)(H,21,22). The first-order valence-corrected chi connectivity index (χ1v) is 9.46. The van der Waals surface area contributed by atoms with Gasteiger partial charge in [-0.05, 0) is 59.3 Å². The molecule has 1 atom stereocenters. The molecule has 138 valence electrons. The number of likely N-dealkylation sites (tertiary alicyclic amines) is 1. The van der Waals surface area contributed by atoms with E-state index in [0.717, 1.165) is 54.2 Å². The van der Waals surface area contributed by atoms with E-state index in [9.17, 15) is 4.79 Å². The fourth-order valence-corrected chi connectivity index (χ4v) is 3.70. The Kier molecular flexibility index (Phi) is 7.55. The highest BCUT2D eigenvalue weighted by Gasteiger charge is 2.23. The summed E-state index contributed by atoms with van der Waals surface area (Å²) in [6, 6.07) is 5.98. The summed E-state index contributed by atoms with van der Waals surface area (Å²) < 4.78 is 6.19. The van der Waals surface area contributed by atoms with Crippen LogP contribution in [0.1, 0.15) is 31.7 Å². The molecule has 0 bridgehead atoms. The van der Waals surface area contributed by atoms with Gasteiger partial charge in [-0.1, -0.05) is 6.07 Å². The molecule has 1 heterocycles. The van der Waals surface area contributed by atoms with Gasteiger partial charge in [0, 0.05) is 26.1 Å². The van der Waals surface area contributed by atoms with Gasteiger partial charge in [0.1, 0.15) is 5.75 Å². The lowest BCUT2D eigenvalue weighted by atomic mass is 9.95. The van der Waals surface area contributed by atoms with Crippen LogP contribution in [0, 0.1) is 5.92 Å². The minimum Gasteiger partial charge on any atom is -0.496 e. The van der Waals surface area contributed by atoms with E-state index in [1.807, 2.05) is 18.2 Å². The van der Waals surface area contributed by atoms with E-state index >= 15 is 0 Å². The average Bonchev–Trinajstić information content (AvgIpc) is 2.58. The molecule has 1 aliphatic heterocycles. The number of methoxy groups -OCH3 is 1. The molecule has 3 N–H and O–H groups in total. The van der Waals surface area contributed by atoms with E-state index in [2.05, 4.69) is 33.1 Å². The van der Waals surface area contributed by atoms with Crippen molar-refractivity contribution in [2.45, 2.75) is 32.7 Å². The monoisotopic (exact) mass is 410 g/mol. The molecule has 0 saturated carbocycles. The number of primary amides is 1. The molecule has 1 saturated heterocycles. The van der Waals surface area contributed by atoms with Gasteiger partial charge in [-0.15, -0.1) is 0 Å². The van der Waals surface area contributed by atoms with Gasteiger partial charge < -0.3 is 20.7 Å². The highest BCUT2D eigenvalue weighted by atomic mass is 79.9. The maximum Gasteiger partial charge on any atom is 0.217 e. The van der Waals surface area contributed by atoms with Crippen molar-refractivity contribution in [1.29, 1.82) is 0 Å². The Labute approximate surface area is 157 Å². The summed E-state index contributed by atoms with van der Waals surface area (Å²) in [4.78, 5) is 18.2. The number of ether oxygens (including phenoxy) is 1. The van der Waals surface area contributed by atoms with Crippen LogP contribution in [0.4, 0.5) is 0 Å². The Balaban J connectivity index is 2.07. The molecule has 1 amide bonds. The topological polar surface area (TPSA) is 80.0 Å². The zero-order valence-electron chi connectivity index (χ0n) is 14.9. The van der Waals surface area contributed by atoms with E-state index in [1.54, 1.807) is 7.11 Å². The second-order valence-corrected chi connectivity index (χ2v) is 7.12. The first-order chi connectivity index (χ1) is 12.0. The fraction of sp³-hybridized carbons (Fsp3) is 0.556. The number of piperidine rings is 1. The number of nitrogens with two attached hydrogens (primary N) is 1. The zero-order valence-corrected chi connectivity index (χ0v) is 16.5. The molecule has 0 spiro atoms. The fourth-order valence-electron chi connectivity index (χ4n) is 3.11. The largest absolute Gasteiger partial charge is 0.496 e. The van der Waals surface area contributed by atoms with Gasteiger partial charge in [0.05, 0.1) is 18.1 Å². The van der Waals surface area contributed by atoms with Gasteiger partial charge in [-0.2, -0.15) is 0 Å². The quantitative estimate of drug-likeness (QED) is 0.557. The Morgan fingerprint density at radius 2 is 2.32 bits per heavy atom. The second kappa shape index (κ2) is 9.65. The van der Waals surface area contributed by atoms with Gasteiger partial charge in [0.2, 0.25) is 5.91 Å². The lowest BCUT2D eigenvalue weighted by Crippen LogP contribution is -2.47. The number of hydrogen-bond acceptors (Lipinski definition) is 3. The smallest absolute Gasteiger partial charge is 0.217 e. The van der Waals surface area contributed by atoms with Crippen LogP contribution >= 0.6 is 15.9 Å². The summed E-state index contributed by atoms with van der Waals surface area (Å²) >= 11 is 3.51. The highest BCUT2D eigenvalue weighted by molar-refractivity contribution is 9.10. The number of carbonyl (C=O) groups is 1. The number of rotatable bonds is 6. The molecule has 1 aromatic carbocycles. The van der Waals surface area contributed by atoms with Crippen molar-refractivity contribution < 1.29 is 9.53 Å². The van der Waals surface area contributed by atoms with Gasteiger partial charge in [-0.3, -0.25) is 4.79 Å². The van der Waals surface area contributed by atoms with Crippen molar-refractivity contribution in [2.24, 2.45) is 16.6 Å². The molecule has 0 aliphatic carbocycles. The number of halogens is 1. The normalized spacial score (nSPS) is 18.1. The third kappa shape index (κ3) is 5.92. The van der Waals surface area contributed by atoms with Crippen LogP contribution in [0.15, 0.2) is 27.7 Å². The highest BCUT2D eigenvalue weighted by Crippen LogP contribution is 2.26. The maximum atomic E-state index is 11.2. The number of hydrogen-bond donors (Lipinski definition) is 2. The van der Waals surface area contributed by atoms with Crippen molar-refractivity contribution >= 4 is 27.8 Å². The van der Waals surface area contributed by atoms with E-state index in [0.29, 0.717) is 18.9 Å². The minimum absolute atomic E-state index is 0.225. The van der Waals surface area contributed by atoms with Crippen LogP contribution in [-0.2, 0) is 11.3 Å². The zero-order chi connectivity index (χ0) is 18.2. The van der Waals surface area contributed by atoms with Crippen molar-refractivity contribution in [3.05, 3.63) is 28.2 Å². The van der Waals surface area contributed by atoms with Crippen LogP contribution in [0.5, 0.6) is 5.75 Å². The molecule has 0 radical (unpaired) electrons. The second-order valence-electron chi connectivity index (χ2n) is 6.26. The summed E-state index contributed by atoms with van der Waals surface area (Å²) in [5.41, 5.74) is 6.46. The van der Waals surface area contributed by atoms with E-state index in [4.69, 9.17) is 15.5 Å². The first-order valence-electron chi connectivity index (χ1n) is 8.67. The van der Waals surface area contributed by atoms with Crippen LogP contribution in [-0.4, -0.2) is 43.5 Å². The number of amides is 1. The molecule has 6 nitrogen and oxygen atoms in total. The average molecular weight is 411 g/mol. The van der Waals surface area contributed by atoms with Crippen LogP contribution in [0.2, 0.25) is 0 Å². The Morgan fingerprint density at radius 3 is 2.96 bits per heavy atom. The van der Waals surface area contributed by atoms with Gasteiger partial charge in [0.25, 0.3) is 0 Å². The molecule has 1 aliphatic rings. The first kappa shape index (κ1) is 19.6. The molecule has 1 aromatic rings. The summed E-state index contributed by atoms with van der Waals surface area (Å²) in [5.74, 6) is 1.79. The molecular weight excluding hydrogens is 384 g/mol. The van der Waals surface area contributed by atoms with Crippen molar-refractivity contribution in [3.63, 3.8) is 0 Å². The Hall–Kier alpha value is -1.76. The molecule has 1 fully saturated rings. The number of nitrogens with one attached hydrogen (secondary N) is 1. The maximum absolute atomic E-state index is 11.2. The van der Waals surface area contributed by atoms with Crippen LogP contribution in [0.3, 0.4) is 0 Å². The molecule has 1 unspecified atom stereocenters. The van der Waals surface area contributed by atoms with Crippen LogP contribution in [0.25, 0.3) is 0 Å². The van der Waals surface area contributed by atoms with Gasteiger partial charge in [0.15, 0.2) is 5.96 Å². The summed E-state index contributed by atoms with van der Waals surface area (Å²) in [5, 5.41) is 3.36. The van der Waals surface area contributed by atoms with Crippen molar-refractivity contribution in [3.8, 4) is 5.75 Å². The molecular formula is C18H27BrN4O2. The minimum atomic E-state index is -0.225. The van der Waals surface area contributed by atoms with Crippen molar-refractivity contribution in [1.82, 2.24) is 10.2 Å². The number of guanidine groups is 1. The molecule has 2 rings (SSSR count). The predicted molar refractivity (Wildman–Crippen MR) is 104 cm³/mol. The number of carbonyl (C=O) groups excluding carboxylic acids is 1. The Morgan fingerprint density at radius 1 is 1.52 bits per heavy atom. The van der Waals surface area contributed by atoms with E-state index < -0.39 is 0 Å². The van der Waals surface area contributed by atoms with Crippen LogP contribution < -0.4 is 15.8 Å². The third-order valence-corrected chi connectivity index (χ3v) is 4.89. The van der Waals surface area contributed by atoms with Gasteiger partial charge in [-0.25, -0.2) is 4.99 Å². The molecule has 7 heteroatoms. The van der Waals surface area contributed by atoms with Crippen molar-refractivity contribution in [2.75, 3.05) is 26.7 Å². The number of nitrogens with zero attached hydrogens (tertiary/aromatic N) is 2. The number of benzene rings is 1. The SMILES string of the molecule is CCNC(=NCc1ccc(OC)c(Br)c1)N1CCCC(CC(N)=O)C1. The van der Waals surface area contributed by atoms with E-state index in [-0.39, 0.29) is 5.91 Å². The summed E-state index contributed by atoms with van der Waals surface area (Å²) in [6.45, 7) is 5.23. The molecule has 25 heavy (non-hydrogen) atoms. The lowest BCUT2D eigenvalue weighted by Gasteiger charge is -2.34. The third-order valence-electron chi connectivity index (χ3n) is 4.27. The summed E-state index contributed by atoms with van der Waals surface area (Å²) in [7, 11) is 1.65. The Bertz CT molecular complexity index is 621. The lowest BCUT2D eigenvalue weighted by molar-refractivity contribution is -0.119. The van der Waals surface area contributed by atoms with E-state index in [1.165, 1.54) is 0 Å². The molecule has 0 aromatic heterocycles. The van der Waals surface area contributed by atoms with Gasteiger partial charge >= 0.3 is 0 Å². The summed E-state index contributed by atoms with van der Waals surface area (Å²) in [6.07, 6.45) is 2.54.